The molecule has 0 saturated carbocycles. The van der Waals surface area contributed by atoms with Gasteiger partial charge in [-0.05, 0) is 63.2 Å². The van der Waals surface area contributed by atoms with Crippen LogP contribution in [0.3, 0.4) is 0 Å². The number of ketones is 1. The van der Waals surface area contributed by atoms with Gasteiger partial charge in [0.25, 0.3) is 0 Å². The van der Waals surface area contributed by atoms with Crippen LogP contribution >= 0.6 is 0 Å². The van der Waals surface area contributed by atoms with Crippen molar-refractivity contribution in [3.05, 3.63) is 29.8 Å². The standard InChI is InChI=1S/C18H28N2O.C2H6/c1-14(2)18(21)16-5-7-17(8-6-16)20(4)13-15-9-11-19(3)12-10-15;1-2/h5-8,14-15H,9-13H2,1-4H3;1-2H3. The van der Waals surface area contributed by atoms with Gasteiger partial charge in [0.2, 0.25) is 0 Å². The Labute approximate surface area is 142 Å². The highest BCUT2D eigenvalue weighted by Gasteiger charge is 2.18. The van der Waals surface area contributed by atoms with Gasteiger partial charge in [0, 0.05) is 30.8 Å². The Hall–Kier alpha value is -1.35. The molecular formula is C20H34N2O. The first kappa shape index (κ1) is 19.7. The number of piperidine rings is 1. The van der Waals surface area contributed by atoms with E-state index in [0.717, 1.165) is 18.0 Å². The first-order chi connectivity index (χ1) is 11.0. The van der Waals surface area contributed by atoms with Gasteiger partial charge in [-0.15, -0.1) is 0 Å². The summed E-state index contributed by atoms with van der Waals surface area (Å²) in [5, 5.41) is 0. The Kier molecular flexibility index (Phi) is 8.32. The molecule has 0 atom stereocenters. The van der Waals surface area contributed by atoms with E-state index in [2.05, 4.69) is 36.0 Å². The van der Waals surface area contributed by atoms with E-state index in [1.54, 1.807) is 0 Å². The second-order valence-electron chi connectivity index (χ2n) is 6.69. The van der Waals surface area contributed by atoms with Crippen LogP contribution in [-0.2, 0) is 0 Å². The van der Waals surface area contributed by atoms with Crippen LogP contribution in [0.1, 0.15) is 50.9 Å². The fourth-order valence-corrected chi connectivity index (χ4v) is 2.95. The second-order valence-corrected chi connectivity index (χ2v) is 6.69. The van der Waals surface area contributed by atoms with Crippen molar-refractivity contribution in [2.24, 2.45) is 11.8 Å². The number of nitrogens with zero attached hydrogens (tertiary/aromatic N) is 2. The SMILES string of the molecule is CC.CC(C)C(=O)c1ccc(N(C)CC2CCN(C)CC2)cc1. The van der Waals surface area contributed by atoms with Crippen molar-refractivity contribution in [2.45, 2.75) is 40.5 Å². The summed E-state index contributed by atoms with van der Waals surface area (Å²) in [5.41, 5.74) is 2.02. The maximum absolute atomic E-state index is 12.0. The molecule has 23 heavy (non-hydrogen) atoms. The second kappa shape index (κ2) is 9.71. The van der Waals surface area contributed by atoms with Gasteiger partial charge in [-0.2, -0.15) is 0 Å². The summed E-state index contributed by atoms with van der Waals surface area (Å²) in [5.74, 6) is 1.07. The third-order valence-electron chi connectivity index (χ3n) is 4.49. The number of anilines is 1. The number of carbonyl (C=O) groups is 1. The van der Waals surface area contributed by atoms with Crippen LogP contribution in [0.25, 0.3) is 0 Å². The topological polar surface area (TPSA) is 23.6 Å². The molecule has 1 fully saturated rings. The molecule has 0 unspecified atom stereocenters. The maximum atomic E-state index is 12.0. The van der Waals surface area contributed by atoms with Crippen LogP contribution in [0.5, 0.6) is 0 Å². The molecule has 0 bridgehead atoms. The van der Waals surface area contributed by atoms with Crippen molar-refractivity contribution in [2.75, 3.05) is 38.6 Å². The van der Waals surface area contributed by atoms with Gasteiger partial charge in [0.1, 0.15) is 0 Å². The predicted octanol–water partition coefficient (Wildman–Crippen LogP) is 4.33. The molecule has 3 heteroatoms. The quantitative estimate of drug-likeness (QED) is 0.755. The molecule has 0 spiro atoms. The van der Waals surface area contributed by atoms with Crippen LogP contribution in [0.4, 0.5) is 5.69 Å². The Morgan fingerprint density at radius 2 is 1.70 bits per heavy atom. The Bertz CT molecular complexity index is 459. The van der Waals surface area contributed by atoms with Crippen molar-refractivity contribution in [3.8, 4) is 0 Å². The molecule has 0 radical (unpaired) electrons. The minimum Gasteiger partial charge on any atom is -0.374 e. The molecule has 130 valence electrons. The number of likely N-dealkylation sites (tertiary alicyclic amines) is 1. The average Bonchev–Trinajstić information content (AvgIpc) is 2.58. The summed E-state index contributed by atoms with van der Waals surface area (Å²) in [6.07, 6.45) is 2.56. The monoisotopic (exact) mass is 318 g/mol. The van der Waals surface area contributed by atoms with Gasteiger partial charge in [0.15, 0.2) is 5.78 Å². The van der Waals surface area contributed by atoms with E-state index in [9.17, 15) is 4.79 Å². The first-order valence-corrected chi connectivity index (χ1v) is 9.01. The van der Waals surface area contributed by atoms with E-state index in [4.69, 9.17) is 0 Å². The summed E-state index contributed by atoms with van der Waals surface area (Å²) in [6, 6.07) is 8.07. The number of Topliss-reactive ketones (excluding diaryl/α,β-unsaturated/α-hetero) is 1. The Morgan fingerprint density at radius 1 is 1.17 bits per heavy atom. The van der Waals surface area contributed by atoms with Crippen LogP contribution in [0, 0.1) is 11.8 Å². The highest BCUT2D eigenvalue weighted by atomic mass is 16.1. The van der Waals surface area contributed by atoms with Crippen LogP contribution in [0.2, 0.25) is 0 Å². The number of benzene rings is 1. The zero-order chi connectivity index (χ0) is 17.4. The lowest BCUT2D eigenvalue weighted by molar-refractivity contribution is 0.0939. The Morgan fingerprint density at radius 3 is 2.17 bits per heavy atom. The van der Waals surface area contributed by atoms with E-state index in [0.29, 0.717) is 0 Å². The van der Waals surface area contributed by atoms with Crippen LogP contribution in [0.15, 0.2) is 24.3 Å². The normalized spacial score (nSPS) is 16.0. The minimum absolute atomic E-state index is 0.0628. The van der Waals surface area contributed by atoms with Gasteiger partial charge in [0.05, 0.1) is 0 Å². The lowest BCUT2D eigenvalue weighted by Gasteiger charge is -2.32. The van der Waals surface area contributed by atoms with Crippen molar-refractivity contribution in [3.63, 3.8) is 0 Å². The van der Waals surface area contributed by atoms with Gasteiger partial charge in [-0.1, -0.05) is 27.7 Å². The maximum Gasteiger partial charge on any atom is 0.165 e. The predicted molar refractivity (Wildman–Crippen MR) is 100 cm³/mol. The summed E-state index contributed by atoms with van der Waals surface area (Å²) in [4.78, 5) is 16.7. The van der Waals surface area contributed by atoms with Crippen molar-refractivity contribution < 1.29 is 4.79 Å². The molecule has 1 saturated heterocycles. The lowest BCUT2D eigenvalue weighted by atomic mass is 9.96. The van der Waals surface area contributed by atoms with Crippen molar-refractivity contribution in [1.82, 2.24) is 4.90 Å². The molecule has 0 aromatic heterocycles. The van der Waals surface area contributed by atoms with E-state index >= 15 is 0 Å². The molecule has 0 N–H and O–H groups in total. The highest BCUT2D eigenvalue weighted by Crippen LogP contribution is 2.21. The molecular weight excluding hydrogens is 284 g/mol. The zero-order valence-electron chi connectivity index (χ0n) is 15.8. The average molecular weight is 319 g/mol. The van der Waals surface area contributed by atoms with E-state index < -0.39 is 0 Å². The summed E-state index contributed by atoms with van der Waals surface area (Å²) < 4.78 is 0. The number of hydrogen-bond donors (Lipinski definition) is 0. The van der Waals surface area contributed by atoms with E-state index in [-0.39, 0.29) is 11.7 Å². The molecule has 1 aliphatic rings. The summed E-state index contributed by atoms with van der Waals surface area (Å²) in [6.45, 7) is 11.4. The summed E-state index contributed by atoms with van der Waals surface area (Å²) in [7, 11) is 4.35. The van der Waals surface area contributed by atoms with Gasteiger partial charge in [-0.3, -0.25) is 4.79 Å². The molecule has 1 heterocycles. The largest absolute Gasteiger partial charge is 0.374 e. The van der Waals surface area contributed by atoms with E-state index in [1.807, 2.05) is 39.8 Å². The Balaban J connectivity index is 0.00000127. The molecule has 0 aliphatic carbocycles. The number of hydrogen-bond acceptors (Lipinski definition) is 3. The third-order valence-corrected chi connectivity index (χ3v) is 4.49. The van der Waals surface area contributed by atoms with Crippen molar-refractivity contribution in [1.29, 1.82) is 0 Å². The fourth-order valence-electron chi connectivity index (χ4n) is 2.95. The van der Waals surface area contributed by atoms with Crippen LogP contribution < -0.4 is 4.90 Å². The van der Waals surface area contributed by atoms with Gasteiger partial charge >= 0.3 is 0 Å². The number of carbonyl (C=O) groups excluding carboxylic acids is 1. The smallest absolute Gasteiger partial charge is 0.165 e. The van der Waals surface area contributed by atoms with Crippen molar-refractivity contribution >= 4 is 11.5 Å². The first-order valence-electron chi connectivity index (χ1n) is 9.01. The molecule has 1 aromatic rings. The van der Waals surface area contributed by atoms with Crippen LogP contribution in [-0.4, -0.2) is 44.4 Å². The fraction of sp³-hybridized carbons (Fsp3) is 0.650. The molecule has 1 aromatic carbocycles. The molecule has 1 aliphatic heterocycles. The molecule has 2 rings (SSSR count). The molecule has 0 amide bonds. The van der Waals surface area contributed by atoms with Gasteiger partial charge < -0.3 is 9.80 Å². The highest BCUT2D eigenvalue weighted by molar-refractivity contribution is 5.97. The summed E-state index contributed by atoms with van der Waals surface area (Å²) >= 11 is 0. The minimum atomic E-state index is 0.0628. The molecule has 3 nitrogen and oxygen atoms in total. The van der Waals surface area contributed by atoms with Gasteiger partial charge in [-0.25, -0.2) is 0 Å². The van der Waals surface area contributed by atoms with E-state index in [1.165, 1.54) is 31.6 Å². The third kappa shape index (κ3) is 5.98. The zero-order valence-corrected chi connectivity index (χ0v) is 15.8. The number of rotatable bonds is 5. The lowest BCUT2D eigenvalue weighted by Crippen LogP contribution is -2.35.